The summed E-state index contributed by atoms with van der Waals surface area (Å²) in [7, 11) is 0. The zero-order valence-corrected chi connectivity index (χ0v) is 11.6. The van der Waals surface area contributed by atoms with Crippen LogP contribution in [0.4, 0.5) is 0 Å². The lowest BCUT2D eigenvalue weighted by Gasteiger charge is -2.14. The third-order valence-corrected chi connectivity index (χ3v) is 4.32. The molecule has 3 nitrogen and oxygen atoms in total. The molecule has 1 fully saturated rings. The molecule has 1 aliphatic rings. The van der Waals surface area contributed by atoms with Gasteiger partial charge in [-0.1, -0.05) is 20.8 Å². The van der Waals surface area contributed by atoms with Crippen molar-refractivity contribution in [3.05, 3.63) is 16.1 Å². The molecule has 17 heavy (non-hydrogen) atoms. The van der Waals surface area contributed by atoms with E-state index in [-0.39, 0.29) is 16.6 Å². The molecule has 0 aromatic carbocycles. The Labute approximate surface area is 106 Å². The van der Waals surface area contributed by atoms with Crippen molar-refractivity contribution in [2.45, 2.75) is 45.4 Å². The zero-order chi connectivity index (χ0) is 12.7. The van der Waals surface area contributed by atoms with E-state index >= 15 is 0 Å². The summed E-state index contributed by atoms with van der Waals surface area (Å²) in [4.78, 5) is 16.6. The second kappa shape index (κ2) is 4.18. The van der Waals surface area contributed by atoms with Gasteiger partial charge in [0.05, 0.1) is 12.1 Å². The lowest BCUT2D eigenvalue weighted by atomic mass is 9.93. The molecule has 2 rings (SSSR count). The van der Waals surface area contributed by atoms with Crippen molar-refractivity contribution in [2.75, 3.05) is 6.54 Å². The standard InChI is InChI=1S/C13H20N2OS/c1-12(2,3)9-7-17-11(15-9)6-10(16)13(8-14)4-5-13/h7H,4-6,8,14H2,1-3H3. The van der Waals surface area contributed by atoms with Crippen LogP contribution in [0.5, 0.6) is 0 Å². The Morgan fingerprint density at radius 3 is 2.59 bits per heavy atom. The van der Waals surface area contributed by atoms with E-state index in [9.17, 15) is 4.79 Å². The Morgan fingerprint density at radius 1 is 1.53 bits per heavy atom. The van der Waals surface area contributed by atoms with Crippen LogP contribution in [0.3, 0.4) is 0 Å². The van der Waals surface area contributed by atoms with Crippen LogP contribution in [0, 0.1) is 5.41 Å². The van der Waals surface area contributed by atoms with Crippen molar-refractivity contribution in [1.29, 1.82) is 0 Å². The molecule has 0 unspecified atom stereocenters. The molecule has 0 spiro atoms. The van der Waals surface area contributed by atoms with E-state index in [1.54, 1.807) is 11.3 Å². The Kier molecular flexibility index (Phi) is 3.12. The molecule has 94 valence electrons. The second-order valence-electron chi connectivity index (χ2n) is 5.96. The van der Waals surface area contributed by atoms with Crippen LogP contribution >= 0.6 is 11.3 Å². The summed E-state index contributed by atoms with van der Waals surface area (Å²) in [5.74, 6) is 0.273. The van der Waals surface area contributed by atoms with Gasteiger partial charge in [-0.25, -0.2) is 4.98 Å². The van der Waals surface area contributed by atoms with E-state index in [4.69, 9.17) is 5.73 Å². The molecular weight excluding hydrogens is 232 g/mol. The summed E-state index contributed by atoms with van der Waals surface area (Å²) in [6, 6.07) is 0. The van der Waals surface area contributed by atoms with E-state index < -0.39 is 0 Å². The van der Waals surface area contributed by atoms with E-state index in [1.165, 1.54) is 0 Å². The van der Waals surface area contributed by atoms with Gasteiger partial charge in [-0.15, -0.1) is 11.3 Å². The minimum Gasteiger partial charge on any atom is -0.329 e. The number of Topliss-reactive ketones (excluding diaryl/α,β-unsaturated/α-hetero) is 1. The summed E-state index contributed by atoms with van der Waals surface area (Å²) >= 11 is 1.59. The molecule has 0 atom stereocenters. The first-order valence-corrected chi connectivity index (χ1v) is 6.94. The third-order valence-electron chi connectivity index (χ3n) is 3.47. The molecule has 0 saturated heterocycles. The average molecular weight is 252 g/mol. The van der Waals surface area contributed by atoms with E-state index in [0.29, 0.717) is 13.0 Å². The minimum absolute atomic E-state index is 0.0585. The Morgan fingerprint density at radius 2 is 2.18 bits per heavy atom. The molecule has 1 saturated carbocycles. The largest absolute Gasteiger partial charge is 0.329 e. The van der Waals surface area contributed by atoms with Gasteiger partial charge in [-0.05, 0) is 12.8 Å². The van der Waals surface area contributed by atoms with Crippen molar-refractivity contribution in [2.24, 2.45) is 11.1 Å². The number of nitrogens with zero attached hydrogens (tertiary/aromatic N) is 1. The van der Waals surface area contributed by atoms with Crippen molar-refractivity contribution in [1.82, 2.24) is 4.98 Å². The number of thiazole rings is 1. The van der Waals surface area contributed by atoms with Gasteiger partial charge in [-0.3, -0.25) is 4.79 Å². The van der Waals surface area contributed by atoms with Gasteiger partial charge in [0, 0.05) is 22.8 Å². The number of hydrogen-bond donors (Lipinski definition) is 1. The summed E-state index contributed by atoms with van der Waals surface area (Å²) in [5, 5.41) is 2.99. The van der Waals surface area contributed by atoms with Gasteiger partial charge in [0.2, 0.25) is 0 Å². The normalized spacial score (nSPS) is 18.1. The first-order valence-electron chi connectivity index (χ1n) is 6.06. The predicted octanol–water partition coefficient (Wildman–Crippen LogP) is 2.29. The van der Waals surface area contributed by atoms with Crippen molar-refractivity contribution in [3.63, 3.8) is 0 Å². The number of nitrogens with two attached hydrogens (primary N) is 1. The van der Waals surface area contributed by atoms with Crippen LogP contribution in [-0.2, 0) is 16.6 Å². The molecule has 1 aromatic rings. The summed E-state index contributed by atoms with van der Waals surface area (Å²) in [6.45, 7) is 6.89. The van der Waals surface area contributed by atoms with Crippen LogP contribution < -0.4 is 5.73 Å². The topological polar surface area (TPSA) is 56.0 Å². The average Bonchev–Trinajstić information content (AvgIpc) is 2.91. The maximum absolute atomic E-state index is 12.1. The number of carbonyl (C=O) groups excluding carboxylic acids is 1. The van der Waals surface area contributed by atoms with Crippen molar-refractivity contribution < 1.29 is 4.79 Å². The minimum atomic E-state index is -0.201. The molecule has 1 heterocycles. The highest BCUT2D eigenvalue weighted by atomic mass is 32.1. The molecule has 0 aliphatic heterocycles. The van der Waals surface area contributed by atoms with Gasteiger partial charge < -0.3 is 5.73 Å². The fraction of sp³-hybridized carbons (Fsp3) is 0.692. The maximum Gasteiger partial charge on any atom is 0.147 e. The molecule has 4 heteroatoms. The van der Waals surface area contributed by atoms with Gasteiger partial charge in [0.1, 0.15) is 10.8 Å². The number of ketones is 1. The number of carbonyl (C=O) groups is 1. The molecule has 0 bridgehead atoms. The van der Waals surface area contributed by atoms with Crippen molar-refractivity contribution >= 4 is 17.1 Å². The Hall–Kier alpha value is -0.740. The lowest BCUT2D eigenvalue weighted by molar-refractivity contribution is -0.123. The smallest absolute Gasteiger partial charge is 0.147 e. The van der Waals surface area contributed by atoms with Gasteiger partial charge in [-0.2, -0.15) is 0 Å². The highest BCUT2D eigenvalue weighted by molar-refractivity contribution is 7.09. The van der Waals surface area contributed by atoms with Gasteiger partial charge >= 0.3 is 0 Å². The van der Waals surface area contributed by atoms with Gasteiger partial charge in [0.15, 0.2) is 0 Å². The van der Waals surface area contributed by atoms with E-state index in [2.05, 4.69) is 31.1 Å². The Balaban J connectivity index is 2.05. The monoisotopic (exact) mass is 252 g/mol. The highest BCUT2D eigenvalue weighted by Crippen LogP contribution is 2.46. The summed E-state index contributed by atoms with van der Waals surface area (Å²) in [6.07, 6.45) is 2.37. The number of rotatable bonds is 4. The first kappa shape index (κ1) is 12.7. The molecule has 0 amide bonds. The molecule has 1 aromatic heterocycles. The molecule has 0 radical (unpaired) electrons. The highest BCUT2D eigenvalue weighted by Gasteiger charge is 2.47. The number of aromatic nitrogens is 1. The maximum atomic E-state index is 12.1. The third kappa shape index (κ3) is 2.58. The van der Waals surface area contributed by atoms with Gasteiger partial charge in [0.25, 0.3) is 0 Å². The Bertz CT molecular complexity index is 427. The summed E-state index contributed by atoms with van der Waals surface area (Å²) < 4.78 is 0. The SMILES string of the molecule is CC(C)(C)c1csc(CC(=O)C2(CN)CC2)n1. The van der Waals surface area contributed by atoms with Crippen molar-refractivity contribution in [3.8, 4) is 0 Å². The van der Waals surface area contributed by atoms with Crippen LogP contribution in [0.2, 0.25) is 0 Å². The van der Waals surface area contributed by atoms with Crippen LogP contribution in [0.25, 0.3) is 0 Å². The summed E-state index contributed by atoms with van der Waals surface area (Å²) in [5.41, 5.74) is 6.59. The number of hydrogen-bond acceptors (Lipinski definition) is 4. The van der Waals surface area contributed by atoms with E-state index in [0.717, 1.165) is 23.5 Å². The van der Waals surface area contributed by atoms with Crippen LogP contribution in [-0.4, -0.2) is 17.3 Å². The fourth-order valence-electron chi connectivity index (χ4n) is 1.81. The van der Waals surface area contributed by atoms with Crippen LogP contribution in [0.15, 0.2) is 5.38 Å². The quantitative estimate of drug-likeness (QED) is 0.894. The lowest BCUT2D eigenvalue weighted by Crippen LogP contribution is -2.26. The zero-order valence-electron chi connectivity index (χ0n) is 10.7. The second-order valence-corrected chi connectivity index (χ2v) is 6.90. The molecule has 1 aliphatic carbocycles. The molecular formula is C13H20N2OS. The predicted molar refractivity (Wildman–Crippen MR) is 70.2 cm³/mol. The first-order chi connectivity index (χ1) is 7.87. The van der Waals surface area contributed by atoms with Crippen LogP contribution in [0.1, 0.15) is 44.3 Å². The molecule has 2 N–H and O–H groups in total. The van der Waals surface area contributed by atoms with E-state index in [1.807, 2.05) is 0 Å². The fourth-order valence-corrected chi connectivity index (χ4v) is 2.83.